The number of carbonyl (C=O) groups is 1. The predicted octanol–water partition coefficient (Wildman–Crippen LogP) is 1.78. The fourth-order valence-corrected chi connectivity index (χ4v) is 1.97. The van der Waals surface area contributed by atoms with Crippen molar-refractivity contribution >= 4 is 5.91 Å². The van der Waals surface area contributed by atoms with Gasteiger partial charge in [0, 0.05) is 25.6 Å². The number of hydrogen-bond acceptors (Lipinski definition) is 2. The Balaban J connectivity index is 2.33. The molecule has 1 N–H and O–H groups in total. The Morgan fingerprint density at radius 3 is 2.80 bits per heavy atom. The van der Waals surface area contributed by atoms with Gasteiger partial charge in [-0.1, -0.05) is 13.3 Å². The van der Waals surface area contributed by atoms with Crippen molar-refractivity contribution in [3.8, 4) is 0 Å². The number of rotatable bonds is 4. The molecule has 0 spiro atoms. The van der Waals surface area contributed by atoms with E-state index in [0.29, 0.717) is 18.5 Å². The Hall–Kier alpha value is -0.570. The molecule has 15 heavy (non-hydrogen) atoms. The van der Waals surface area contributed by atoms with Crippen LogP contribution < -0.4 is 5.32 Å². The van der Waals surface area contributed by atoms with Crippen LogP contribution in [0.4, 0.5) is 0 Å². The highest BCUT2D eigenvalue weighted by molar-refractivity contribution is 5.76. The predicted molar refractivity (Wildman–Crippen MR) is 62.8 cm³/mol. The summed E-state index contributed by atoms with van der Waals surface area (Å²) < 4.78 is 0. The molecule has 1 amide bonds. The van der Waals surface area contributed by atoms with Crippen LogP contribution in [0.3, 0.4) is 0 Å². The van der Waals surface area contributed by atoms with Gasteiger partial charge in [-0.25, -0.2) is 0 Å². The zero-order valence-corrected chi connectivity index (χ0v) is 10.3. The Morgan fingerprint density at radius 1 is 1.53 bits per heavy atom. The number of amides is 1. The maximum atomic E-state index is 11.9. The molecule has 0 aromatic heterocycles. The molecule has 1 aliphatic rings. The standard InChI is InChI=1S/C12H24N2O/c1-4-10(2)14(3)12(15)9-11-7-5-6-8-13-11/h10-11,13H,4-9H2,1-3H3. The monoisotopic (exact) mass is 212 g/mol. The summed E-state index contributed by atoms with van der Waals surface area (Å²) in [6.07, 6.45) is 5.37. The minimum Gasteiger partial charge on any atom is -0.343 e. The molecule has 0 radical (unpaired) electrons. The van der Waals surface area contributed by atoms with Crippen LogP contribution in [0.5, 0.6) is 0 Å². The molecular weight excluding hydrogens is 188 g/mol. The fourth-order valence-electron chi connectivity index (χ4n) is 1.97. The van der Waals surface area contributed by atoms with Crippen molar-refractivity contribution in [1.29, 1.82) is 0 Å². The van der Waals surface area contributed by atoms with E-state index in [4.69, 9.17) is 0 Å². The van der Waals surface area contributed by atoms with E-state index in [1.54, 1.807) is 0 Å². The van der Waals surface area contributed by atoms with E-state index in [9.17, 15) is 4.79 Å². The molecule has 0 aromatic carbocycles. The maximum absolute atomic E-state index is 11.9. The Bertz CT molecular complexity index is 200. The highest BCUT2D eigenvalue weighted by Crippen LogP contribution is 2.12. The molecule has 0 aliphatic carbocycles. The van der Waals surface area contributed by atoms with E-state index in [1.807, 2.05) is 11.9 Å². The van der Waals surface area contributed by atoms with Crippen molar-refractivity contribution in [3.05, 3.63) is 0 Å². The average Bonchev–Trinajstić information content (AvgIpc) is 2.28. The first-order chi connectivity index (χ1) is 7.15. The van der Waals surface area contributed by atoms with Crippen LogP contribution in [-0.2, 0) is 4.79 Å². The van der Waals surface area contributed by atoms with Crippen LogP contribution in [0.1, 0.15) is 46.0 Å². The van der Waals surface area contributed by atoms with Crippen LogP contribution in [0, 0.1) is 0 Å². The lowest BCUT2D eigenvalue weighted by Crippen LogP contribution is -2.41. The molecule has 0 saturated carbocycles. The van der Waals surface area contributed by atoms with Gasteiger partial charge < -0.3 is 10.2 Å². The van der Waals surface area contributed by atoms with Crippen molar-refractivity contribution in [2.75, 3.05) is 13.6 Å². The Kier molecular flexibility index (Phi) is 5.09. The number of nitrogens with one attached hydrogen (secondary N) is 1. The molecule has 0 bridgehead atoms. The summed E-state index contributed by atoms with van der Waals surface area (Å²) in [6.45, 7) is 5.30. The van der Waals surface area contributed by atoms with Crippen molar-refractivity contribution in [2.24, 2.45) is 0 Å². The maximum Gasteiger partial charge on any atom is 0.224 e. The van der Waals surface area contributed by atoms with Gasteiger partial charge in [0.25, 0.3) is 0 Å². The van der Waals surface area contributed by atoms with Crippen LogP contribution in [0.15, 0.2) is 0 Å². The molecule has 1 aliphatic heterocycles. The van der Waals surface area contributed by atoms with Gasteiger partial charge in [-0.3, -0.25) is 4.79 Å². The summed E-state index contributed by atoms with van der Waals surface area (Å²) in [5.74, 6) is 0.281. The second-order valence-electron chi connectivity index (χ2n) is 4.61. The molecule has 0 aromatic rings. The van der Waals surface area contributed by atoms with Gasteiger partial charge in [0.2, 0.25) is 5.91 Å². The summed E-state index contributed by atoms with van der Waals surface area (Å²) in [5.41, 5.74) is 0. The first kappa shape index (κ1) is 12.5. The average molecular weight is 212 g/mol. The molecule has 3 heteroatoms. The first-order valence-corrected chi connectivity index (χ1v) is 6.14. The Morgan fingerprint density at radius 2 is 2.27 bits per heavy atom. The van der Waals surface area contributed by atoms with E-state index >= 15 is 0 Å². The molecule has 2 unspecified atom stereocenters. The zero-order valence-electron chi connectivity index (χ0n) is 10.3. The van der Waals surface area contributed by atoms with E-state index in [-0.39, 0.29) is 5.91 Å². The van der Waals surface area contributed by atoms with Crippen molar-refractivity contribution < 1.29 is 4.79 Å². The largest absolute Gasteiger partial charge is 0.343 e. The highest BCUT2D eigenvalue weighted by Gasteiger charge is 2.20. The quantitative estimate of drug-likeness (QED) is 0.770. The fraction of sp³-hybridized carbons (Fsp3) is 0.917. The topological polar surface area (TPSA) is 32.3 Å². The van der Waals surface area contributed by atoms with Gasteiger partial charge in [0.05, 0.1) is 0 Å². The minimum absolute atomic E-state index is 0.281. The van der Waals surface area contributed by atoms with Crippen LogP contribution in [-0.4, -0.2) is 36.5 Å². The van der Waals surface area contributed by atoms with E-state index in [0.717, 1.165) is 19.4 Å². The molecule has 1 rings (SSSR count). The lowest BCUT2D eigenvalue weighted by atomic mass is 10.0. The summed E-state index contributed by atoms with van der Waals surface area (Å²) in [7, 11) is 1.92. The number of carbonyl (C=O) groups excluding carboxylic acids is 1. The summed E-state index contributed by atoms with van der Waals surface area (Å²) in [5, 5.41) is 3.41. The van der Waals surface area contributed by atoms with Gasteiger partial charge in [0.1, 0.15) is 0 Å². The van der Waals surface area contributed by atoms with Crippen LogP contribution in [0.25, 0.3) is 0 Å². The minimum atomic E-state index is 0.281. The Labute approximate surface area is 93.2 Å². The lowest BCUT2D eigenvalue weighted by Gasteiger charge is -2.28. The van der Waals surface area contributed by atoms with Crippen LogP contribution >= 0.6 is 0 Å². The van der Waals surface area contributed by atoms with Gasteiger partial charge in [0.15, 0.2) is 0 Å². The van der Waals surface area contributed by atoms with E-state index in [1.165, 1.54) is 12.8 Å². The normalized spacial score (nSPS) is 23.5. The molecule has 3 nitrogen and oxygen atoms in total. The third-order valence-electron chi connectivity index (χ3n) is 3.48. The molecule has 88 valence electrons. The van der Waals surface area contributed by atoms with Crippen molar-refractivity contribution in [2.45, 2.75) is 58.0 Å². The van der Waals surface area contributed by atoms with Gasteiger partial charge in [-0.05, 0) is 32.7 Å². The van der Waals surface area contributed by atoms with Crippen LogP contribution in [0.2, 0.25) is 0 Å². The smallest absolute Gasteiger partial charge is 0.224 e. The van der Waals surface area contributed by atoms with Gasteiger partial charge >= 0.3 is 0 Å². The van der Waals surface area contributed by atoms with Gasteiger partial charge in [-0.2, -0.15) is 0 Å². The van der Waals surface area contributed by atoms with E-state index in [2.05, 4.69) is 19.2 Å². The number of hydrogen-bond donors (Lipinski definition) is 1. The number of piperidine rings is 1. The molecular formula is C12H24N2O. The van der Waals surface area contributed by atoms with Crippen molar-refractivity contribution in [1.82, 2.24) is 10.2 Å². The zero-order chi connectivity index (χ0) is 11.3. The number of nitrogens with zero attached hydrogens (tertiary/aromatic N) is 1. The van der Waals surface area contributed by atoms with E-state index < -0.39 is 0 Å². The highest BCUT2D eigenvalue weighted by atomic mass is 16.2. The third kappa shape index (κ3) is 3.82. The lowest BCUT2D eigenvalue weighted by molar-refractivity contribution is -0.132. The second-order valence-corrected chi connectivity index (χ2v) is 4.61. The summed E-state index contributed by atoms with van der Waals surface area (Å²) in [6, 6.07) is 0.777. The molecule has 1 saturated heterocycles. The molecule has 2 atom stereocenters. The molecule has 1 fully saturated rings. The summed E-state index contributed by atoms with van der Waals surface area (Å²) >= 11 is 0. The van der Waals surface area contributed by atoms with Crippen molar-refractivity contribution in [3.63, 3.8) is 0 Å². The summed E-state index contributed by atoms with van der Waals surface area (Å²) in [4.78, 5) is 13.8. The molecule has 1 heterocycles. The second kappa shape index (κ2) is 6.11. The van der Waals surface area contributed by atoms with Gasteiger partial charge in [-0.15, -0.1) is 0 Å². The first-order valence-electron chi connectivity index (χ1n) is 6.14. The third-order valence-corrected chi connectivity index (χ3v) is 3.48. The SMILES string of the molecule is CCC(C)N(C)C(=O)CC1CCCCN1.